The fraction of sp³-hybridized carbons (Fsp3) is 0.500. The maximum Gasteiger partial charge on any atom is 0.217 e. The van der Waals surface area contributed by atoms with Gasteiger partial charge >= 0.3 is 0 Å². The molecule has 1 atom stereocenters. The molecule has 2 rings (SSSR count). The van der Waals surface area contributed by atoms with E-state index >= 15 is 0 Å². The van der Waals surface area contributed by atoms with Gasteiger partial charge in [0.15, 0.2) is 0 Å². The first-order valence-corrected chi connectivity index (χ1v) is 4.61. The molecule has 13 heavy (non-hydrogen) atoms. The lowest BCUT2D eigenvalue weighted by Gasteiger charge is -2.21. The highest BCUT2D eigenvalue weighted by atomic mass is 16.3. The van der Waals surface area contributed by atoms with Gasteiger partial charge in [0.05, 0.1) is 12.3 Å². The fourth-order valence-electron chi connectivity index (χ4n) is 1.87. The summed E-state index contributed by atoms with van der Waals surface area (Å²) in [5.41, 5.74) is 1.24. The molecular formula is C10H13NO2. The van der Waals surface area contributed by atoms with Crippen molar-refractivity contribution in [2.75, 3.05) is 0 Å². The molecule has 0 saturated heterocycles. The third-order valence-electron chi connectivity index (χ3n) is 2.41. The van der Waals surface area contributed by atoms with Crippen molar-refractivity contribution >= 4 is 5.91 Å². The predicted molar refractivity (Wildman–Crippen MR) is 48.2 cm³/mol. The highest BCUT2D eigenvalue weighted by Crippen LogP contribution is 2.30. The van der Waals surface area contributed by atoms with Crippen molar-refractivity contribution in [3.05, 3.63) is 23.7 Å². The van der Waals surface area contributed by atoms with Crippen molar-refractivity contribution < 1.29 is 9.21 Å². The van der Waals surface area contributed by atoms with Crippen LogP contribution in [0.2, 0.25) is 0 Å². The highest BCUT2D eigenvalue weighted by Gasteiger charge is 2.23. The maximum absolute atomic E-state index is 10.9. The van der Waals surface area contributed by atoms with E-state index in [9.17, 15) is 4.79 Å². The van der Waals surface area contributed by atoms with Gasteiger partial charge in [0.1, 0.15) is 5.76 Å². The third kappa shape index (κ3) is 1.59. The van der Waals surface area contributed by atoms with Crippen LogP contribution in [0.5, 0.6) is 0 Å². The highest BCUT2D eigenvalue weighted by molar-refractivity contribution is 5.73. The lowest BCUT2D eigenvalue weighted by atomic mass is 9.94. The van der Waals surface area contributed by atoms with Crippen LogP contribution in [0.25, 0.3) is 0 Å². The molecule has 0 fully saturated rings. The monoisotopic (exact) mass is 179 g/mol. The molecule has 0 spiro atoms. The van der Waals surface area contributed by atoms with Crippen molar-refractivity contribution in [3.8, 4) is 0 Å². The zero-order chi connectivity index (χ0) is 9.26. The largest absolute Gasteiger partial charge is 0.467 e. The smallest absolute Gasteiger partial charge is 0.217 e. The first-order valence-electron chi connectivity index (χ1n) is 4.61. The topological polar surface area (TPSA) is 42.2 Å². The van der Waals surface area contributed by atoms with Crippen LogP contribution in [0, 0.1) is 0 Å². The van der Waals surface area contributed by atoms with Crippen LogP contribution in [-0.2, 0) is 11.2 Å². The molecule has 0 aliphatic heterocycles. The second kappa shape index (κ2) is 3.24. The summed E-state index contributed by atoms with van der Waals surface area (Å²) in [5, 5.41) is 2.89. The second-order valence-electron chi connectivity index (χ2n) is 3.46. The number of rotatable bonds is 1. The normalized spacial score (nSPS) is 20.8. The van der Waals surface area contributed by atoms with E-state index in [0.717, 1.165) is 25.0 Å². The molecule has 3 heteroatoms. The zero-order valence-corrected chi connectivity index (χ0v) is 7.67. The minimum absolute atomic E-state index is 0.00856. The number of furan rings is 1. The first-order chi connectivity index (χ1) is 6.27. The summed E-state index contributed by atoms with van der Waals surface area (Å²) in [7, 11) is 0. The Morgan fingerprint density at radius 3 is 3.31 bits per heavy atom. The summed E-state index contributed by atoms with van der Waals surface area (Å²) in [6.45, 7) is 1.54. The van der Waals surface area contributed by atoms with Gasteiger partial charge in [0, 0.05) is 6.92 Å². The Morgan fingerprint density at radius 1 is 1.69 bits per heavy atom. The molecule has 0 aromatic carbocycles. The quantitative estimate of drug-likeness (QED) is 0.714. The molecule has 1 aromatic rings. The van der Waals surface area contributed by atoms with Crippen molar-refractivity contribution in [3.63, 3.8) is 0 Å². The molecule has 70 valence electrons. The van der Waals surface area contributed by atoms with Crippen molar-refractivity contribution in [1.29, 1.82) is 0 Å². The minimum Gasteiger partial charge on any atom is -0.467 e. The van der Waals surface area contributed by atoms with Gasteiger partial charge in [-0.05, 0) is 30.9 Å². The number of carbonyl (C=O) groups is 1. The van der Waals surface area contributed by atoms with E-state index in [2.05, 4.69) is 5.32 Å². The molecule has 0 radical (unpaired) electrons. The van der Waals surface area contributed by atoms with Crippen LogP contribution in [0.4, 0.5) is 0 Å². The molecule has 0 saturated carbocycles. The third-order valence-corrected chi connectivity index (χ3v) is 2.41. The molecular weight excluding hydrogens is 166 g/mol. The first kappa shape index (κ1) is 8.35. The Bertz CT molecular complexity index is 316. The SMILES string of the molecule is CC(=O)N[C@@H]1CCCc2ccoc21. The molecule has 1 heterocycles. The lowest BCUT2D eigenvalue weighted by Crippen LogP contribution is -2.28. The van der Waals surface area contributed by atoms with Crippen LogP contribution < -0.4 is 5.32 Å². The van der Waals surface area contributed by atoms with Gasteiger partial charge in [0.25, 0.3) is 0 Å². The fourth-order valence-corrected chi connectivity index (χ4v) is 1.87. The molecule has 0 bridgehead atoms. The maximum atomic E-state index is 10.9. The Balaban J connectivity index is 2.20. The summed E-state index contributed by atoms with van der Waals surface area (Å²) in [5.74, 6) is 0.954. The number of hydrogen-bond acceptors (Lipinski definition) is 2. The molecule has 3 nitrogen and oxygen atoms in total. The van der Waals surface area contributed by atoms with Crippen molar-refractivity contribution in [2.24, 2.45) is 0 Å². The molecule has 1 aliphatic carbocycles. The summed E-state index contributed by atoms with van der Waals surface area (Å²) >= 11 is 0. The van der Waals surface area contributed by atoms with Gasteiger partial charge in [0.2, 0.25) is 5.91 Å². The van der Waals surface area contributed by atoms with E-state index in [-0.39, 0.29) is 11.9 Å². The Hall–Kier alpha value is -1.25. The molecule has 1 N–H and O–H groups in total. The van der Waals surface area contributed by atoms with E-state index in [4.69, 9.17) is 4.42 Å². The van der Waals surface area contributed by atoms with Gasteiger partial charge in [-0.25, -0.2) is 0 Å². The molecule has 1 amide bonds. The summed E-state index contributed by atoms with van der Waals surface area (Å²) in [4.78, 5) is 10.9. The van der Waals surface area contributed by atoms with Gasteiger partial charge in [-0.15, -0.1) is 0 Å². The van der Waals surface area contributed by atoms with Crippen molar-refractivity contribution in [1.82, 2.24) is 5.32 Å². The summed E-state index contributed by atoms with van der Waals surface area (Å²) < 4.78 is 5.35. The minimum atomic E-state index is 0.00856. The van der Waals surface area contributed by atoms with Gasteiger partial charge in [-0.1, -0.05) is 0 Å². The Labute approximate surface area is 77.1 Å². The number of fused-ring (bicyclic) bond motifs is 1. The number of amides is 1. The van der Waals surface area contributed by atoms with E-state index in [1.807, 2.05) is 6.07 Å². The summed E-state index contributed by atoms with van der Waals surface area (Å²) in [6.07, 6.45) is 4.88. The van der Waals surface area contributed by atoms with Crippen molar-refractivity contribution in [2.45, 2.75) is 32.2 Å². The number of aryl methyl sites for hydroxylation is 1. The van der Waals surface area contributed by atoms with Crippen LogP contribution >= 0.6 is 0 Å². The van der Waals surface area contributed by atoms with Crippen LogP contribution in [0.1, 0.15) is 37.1 Å². The Kier molecular flexibility index (Phi) is 2.08. The average Bonchev–Trinajstić information content (AvgIpc) is 2.51. The van der Waals surface area contributed by atoms with Gasteiger partial charge in [-0.2, -0.15) is 0 Å². The molecule has 0 unspecified atom stereocenters. The van der Waals surface area contributed by atoms with E-state index in [0.29, 0.717) is 0 Å². The van der Waals surface area contributed by atoms with E-state index in [1.54, 1.807) is 6.26 Å². The molecule has 1 aliphatic rings. The van der Waals surface area contributed by atoms with Crippen LogP contribution in [-0.4, -0.2) is 5.91 Å². The number of carbonyl (C=O) groups excluding carboxylic acids is 1. The average molecular weight is 179 g/mol. The van der Waals surface area contributed by atoms with Gasteiger partial charge in [-0.3, -0.25) is 4.79 Å². The molecule has 1 aromatic heterocycles. The zero-order valence-electron chi connectivity index (χ0n) is 7.67. The van der Waals surface area contributed by atoms with E-state index < -0.39 is 0 Å². The standard InChI is InChI=1S/C10H13NO2/c1-7(12)11-9-4-2-3-8-5-6-13-10(8)9/h5-6,9H,2-4H2,1H3,(H,11,12)/t9-/m1/s1. The van der Waals surface area contributed by atoms with E-state index in [1.165, 1.54) is 12.5 Å². The lowest BCUT2D eigenvalue weighted by molar-refractivity contribution is -0.119. The number of hydrogen-bond donors (Lipinski definition) is 1. The van der Waals surface area contributed by atoms with Crippen LogP contribution in [0.15, 0.2) is 16.7 Å². The second-order valence-corrected chi connectivity index (χ2v) is 3.46. The van der Waals surface area contributed by atoms with Gasteiger partial charge < -0.3 is 9.73 Å². The predicted octanol–water partition coefficient (Wildman–Crippen LogP) is 1.79. The summed E-state index contributed by atoms with van der Waals surface area (Å²) in [6, 6.07) is 2.08. The number of nitrogens with one attached hydrogen (secondary N) is 1. The van der Waals surface area contributed by atoms with Crippen LogP contribution in [0.3, 0.4) is 0 Å². The Morgan fingerprint density at radius 2 is 2.54 bits per heavy atom.